The van der Waals surface area contributed by atoms with Crippen molar-refractivity contribution in [2.75, 3.05) is 13.2 Å². The molecule has 26 heavy (non-hydrogen) atoms. The lowest BCUT2D eigenvalue weighted by Crippen LogP contribution is -2.46. The standard InChI is InChI=1S/C23H38O3/c1-3-7-16(17-11-12-18-19(24)8-4-13-23(17,18)2)22(20-9-5-14-25-20)21-10-6-15-26-21/h16-18,20-22H,3-15H2,1-2H3/t16-,17-,18+,20?,21?,22?,23-/m1/s1. The van der Waals surface area contributed by atoms with E-state index in [9.17, 15) is 4.79 Å². The lowest BCUT2D eigenvalue weighted by atomic mass is 9.58. The van der Waals surface area contributed by atoms with Crippen molar-refractivity contribution in [3.05, 3.63) is 0 Å². The summed E-state index contributed by atoms with van der Waals surface area (Å²) in [7, 11) is 0. The number of hydrogen-bond donors (Lipinski definition) is 0. The molecule has 0 spiro atoms. The minimum absolute atomic E-state index is 0.227. The Balaban J connectivity index is 1.63. The Hall–Kier alpha value is -0.410. The van der Waals surface area contributed by atoms with Crippen molar-refractivity contribution in [3.63, 3.8) is 0 Å². The Labute approximate surface area is 159 Å². The lowest BCUT2D eigenvalue weighted by Gasteiger charge is -2.47. The first kappa shape index (κ1) is 18.9. The van der Waals surface area contributed by atoms with Gasteiger partial charge in [-0.15, -0.1) is 0 Å². The van der Waals surface area contributed by atoms with Crippen LogP contribution in [0, 0.1) is 29.1 Å². The highest BCUT2D eigenvalue weighted by Gasteiger charge is 2.55. The first-order chi connectivity index (χ1) is 12.6. The Morgan fingerprint density at radius 1 is 1.04 bits per heavy atom. The largest absolute Gasteiger partial charge is 0.378 e. The number of rotatable bonds is 6. The minimum Gasteiger partial charge on any atom is -0.378 e. The number of hydrogen-bond acceptors (Lipinski definition) is 3. The first-order valence-corrected chi connectivity index (χ1v) is 11.4. The summed E-state index contributed by atoms with van der Waals surface area (Å²) in [6.07, 6.45) is 13.6. The maximum absolute atomic E-state index is 12.6. The zero-order valence-corrected chi connectivity index (χ0v) is 16.9. The molecule has 2 aliphatic heterocycles. The fraction of sp³-hybridized carbons (Fsp3) is 0.957. The van der Waals surface area contributed by atoms with Crippen LogP contribution in [0.25, 0.3) is 0 Å². The fourth-order valence-corrected chi connectivity index (χ4v) is 7.27. The SMILES string of the molecule is CCC[C@@H](C(C1CCCO1)C1CCCO1)[C@H]1CC[C@H]2C(=O)CCC[C@]12C. The molecule has 0 amide bonds. The molecular weight excluding hydrogens is 324 g/mol. The third-order valence-corrected chi connectivity index (χ3v) is 8.36. The maximum atomic E-state index is 12.6. The van der Waals surface area contributed by atoms with Gasteiger partial charge in [-0.1, -0.05) is 20.3 Å². The van der Waals surface area contributed by atoms with Gasteiger partial charge in [0.15, 0.2) is 0 Å². The van der Waals surface area contributed by atoms with E-state index in [0.29, 0.717) is 41.7 Å². The minimum atomic E-state index is 0.227. The Kier molecular flexibility index (Phi) is 5.76. The smallest absolute Gasteiger partial charge is 0.136 e. The molecule has 2 aliphatic carbocycles. The summed E-state index contributed by atoms with van der Waals surface area (Å²) in [6, 6.07) is 0. The molecule has 0 radical (unpaired) electrons. The van der Waals surface area contributed by atoms with Crippen LogP contribution in [0.15, 0.2) is 0 Å². The highest BCUT2D eigenvalue weighted by molar-refractivity contribution is 5.83. The van der Waals surface area contributed by atoms with Gasteiger partial charge in [-0.3, -0.25) is 4.79 Å². The molecule has 0 bridgehead atoms. The monoisotopic (exact) mass is 362 g/mol. The van der Waals surface area contributed by atoms with E-state index < -0.39 is 0 Å². The molecule has 4 aliphatic rings. The van der Waals surface area contributed by atoms with E-state index in [1.165, 1.54) is 51.4 Å². The molecule has 2 saturated heterocycles. The molecule has 0 N–H and O–H groups in total. The van der Waals surface area contributed by atoms with Crippen LogP contribution in [0.5, 0.6) is 0 Å². The maximum Gasteiger partial charge on any atom is 0.136 e. The van der Waals surface area contributed by atoms with E-state index in [-0.39, 0.29) is 5.41 Å². The second-order valence-electron chi connectivity index (χ2n) is 9.69. The predicted octanol–water partition coefficient (Wildman–Crippen LogP) is 5.16. The molecule has 2 heterocycles. The van der Waals surface area contributed by atoms with Crippen LogP contribution in [0.1, 0.15) is 84.5 Å². The molecular formula is C23H38O3. The third-order valence-electron chi connectivity index (χ3n) is 8.36. The van der Waals surface area contributed by atoms with Crippen LogP contribution in [0.2, 0.25) is 0 Å². The van der Waals surface area contributed by atoms with Crippen molar-refractivity contribution in [2.45, 2.75) is 96.7 Å². The first-order valence-electron chi connectivity index (χ1n) is 11.4. The number of carbonyl (C=O) groups excluding carboxylic acids is 1. The molecule has 0 aromatic heterocycles. The van der Waals surface area contributed by atoms with Crippen molar-refractivity contribution in [3.8, 4) is 0 Å². The van der Waals surface area contributed by atoms with Gasteiger partial charge >= 0.3 is 0 Å². The fourth-order valence-electron chi connectivity index (χ4n) is 7.27. The van der Waals surface area contributed by atoms with Crippen molar-refractivity contribution in [1.82, 2.24) is 0 Å². The molecule has 0 aromatic carbocycles. The average Bonchev–Trinajstić information content (AvgIpc) is 3.36. The van der Waals surface area contributed by atoms with Gasteiger partial charge in [0, 0.05) is 31.5 Å². The molecule has 4 fully saturated rings. The normalized spacial score (nSPS) is 42.8. The molecule has 0 aromatic rings. The summed E-state index contributed by atoms with van der Waals surface area (Å²) in [4.78, 5) is 12.6. The van der Waals surface area contributed by atoms with Crippen molar-refractivity contribution >= 4 is 5.78 Å². The van der Waals surface area contributed by atoms with E-state index in [0.717, 1.165) is 32.5 Å². The zero-order chi connectivity index (χ0) is 18.1. The van der Waals surface area contributed by atoms with Crippen LogP contribution < -0.4 is 0 Å². The molecule has 3 heteroatoms. The van der Waals surface area contributed by atoms with Gasteiger partial charge < -0.3 is 9.47 Å². The second kappa shape index (κ2) is 7.91. The van der Waals surface area contributed by atoms with Gasteiger partial charge in [0.05, 0.1) is 12.2 Å². The Morgan fingerprint density at radius 3 is 2.31 bits per heavy atom. The zero-order valence-electron chi connectivity index (χ0n) is 16.9. The second-order valence-corrected chi connectivity index (χ2v) is 9.69. The van der Waals surface area contributed by atoms with E-state index in [2.05, 4.69) is 13.8 Å². The van der Waals surface area contributed by atoms with E-state index >= 15 is 0 Å². The van der Waals surface area contributed by atoms with Gasteiger partial charge in [0.2, 0.25) is 0 Å². The van der Waals surface area contributed by atoms with Crippen LogP contribution >= 0.6 is 0 Å². The number of ketones is 1. The van der Waals surface area contributed by atoms with Crippen LogP contribution in [0.4, 0.5) is 0 Å². The number of carbonyl (C=O) groups is 1. The number of ether oxygens (including phenoxy) is 2. The highest BCUT2D eigenvalue weighted by Crippen LogP contribution is 2.59. The lowest BCUT2D eigenvalue weighted by molar-refractivity contribution is -0.131. The summed E-state index contributed by atoms with van der Waals surface area (Å²) in [5, 5.41) is 0. The van der Waals surface area contributed by atoms with Gasteiger partial charge in [0.25, 0.3) is 0 Å². The summed E-state index contributed by atoms with van der Waals surface area (Å²) in [5.74, 6) is 2.76. The third kappa shape index (κ3) is 3.28. The van der Waals surface area contributed by atoms with Gasteiger partial charge in [-0.25, -0.2) is 0 Å². The topological polar surface area (TPSA) is 35.5 Å². The summed E-state index contributed by atoms with van der Waals surface area (Å²) in [5.41, 5.74) is 0.227. The highest BCUT2D eigenvalue weighted by atomic mass is 16.5. The average molecular weight is 363 g/mol. The number of Topliss-reactive ketones (excluding diaryl/α,β-unsaturated/α-hetero) is 1. The summed E-state index contributed by atoms with van der Waals surface area (Å²) < 4.78 is 12.5. The molecule has 148 valence electrons. The Bertz CT molecular complexity index is 476. The quantitative estimate of drug-likeness (QED) is 0.654. The molecule has 2 saturated carbocycles. The number of fused-ring (bicyclic) bond motifs is 1. The summed E-state index contributed by atoms with van der Waals surface area (Å²) >= 11 is 0. The van der Waals surface area contributed by atoms with Gasteiger partial charge in [-0.05, 0) is 75.0 Å². The van der Waals surface area contributed by atoms with E-state index in [4.69, 9.17) is 9.47 Å². The predicted molar refractivity (Wildman–Crippen MR) is 103 cm³/mol. The van der Waals surface area contributed by atoms with Crippen molar-refractivity contribution in [1.29, 1.82) is 0 Å². The van der Waals surface area contributed by atoms with Crippen LogP contribution in [-0.2, 0) is 14.3 Å². The van der Waals surface area contributed by atoms with Crippen LogP contribution in [-0.4, -0.2) is 31.2 Å². The molecule has 4 rings (SSSR count). The Morgan fingerprint density at radius 2 is 1.73 bits per heavy atom. The van der Waals surface area contributed by atoms with Crippen molar-refractivity contribution in [2.24, 2.45) is 29.1 Å². The molecule has 6 atom stereocenters. The van der Waals surface area contributed by atoms with E-state index in [1.54, 1.807) is 0 Å². The molecule has 3 nitrogen and oxygen atoms in total. The summed E-state index contributed by atoms with van der Waals surface area (Å²) in [6.45, 7) is 6.64. The van der Waals surface area contributed by atoms with E-state index in [1.807, 2.05) is 0 Å². The van der Waals surface area contributed by atoms with Crippen LogP contribution in [0.3, 0.4) is 0 Å². The van der Waals surface area contributed by atoms with Gasteiger partial charge in [-0.2, -0.15) is 0 Å². The van der Waals surface area contributed by atoms with Gasteiger partial charge in [0.1, 0.15) is 5.78 Å². The van der Waals surface area contributed by atoms with Crippen molar-refractivity contribution < 1.29 is 14.3 Å². The molecule has 2 unspecified atom stereocenters.